The Kier molecular flexibility index (Phi) is 8.62. The van der Waals surface area contributed by atoms with Crippen LogP contribution < -0.4 is 0 Å². The SMILES string of the molecule is Cc1ncncc1C(=O)N1CCC(C)(N2CCN([C@@H](c3cccc(F)c3)C3CCN(S(=O)(=O)C4CC4)CC3)[C@@H](C)C2)CC1. The van der Waals surface area contributed by atoms with E-state index in [1.54, 1.807) is 22.6 Å². The van der Waals surface area contributed by atoms with E-state index in [0.29, 0.717) is 37.4 Å². The van der Waals surface area contributed by atoms with Gasteiger partial charge in [-0.25, -0.2) is 27.1 Å². The maximum absolute atomic E-state index is 14.5. The highest BCUT2D eigenvalue weighted by molar-refractivity contribution is 7.90. The molecule has 43 heavy (non-hydrogen) atoms. The minimum atomic E-state index is -3.18. The fourth-order valence-electron chi connectivity index (χ4n) is 7.60. The molecule has 4 heterocycles. The summed E-state index contributed by atoms with van der Waals surface area (Å²) in [6, 6.07) is 7.29. The minimum Gasteiger partial charge on any atom is -0.338 e. The first-order valence-corrected chi connectivity index (χ1v) is 17.4. The number of rotatable bonds is 7. The van der Waals surface area contributed by atoms with Crippen molar-refractivity contribution in [3.63, 3.8) is 0 Å². The van der Waals surface area contributed by atoms with Gasteiger partial charge in [-0.1, -0.05) is 12.1 Å². The summed E-state index contributed by atoms with van der Waals surface area (Å²) in [6.45, 7) is 11.6. The van der Waals surface area contributed by atoms with Gasteiger partial charge in [-0.3, -0.25) is 14.6 Å². The van der Waals surface area contributed by atoms with Gasteiger partial charge in [-0.2, -0.15) is 0 Å². The zero-order valence-electron chi connectivity index (χ0n) is 25.7. The lowest BCUT2D eigenvalue weighted by Gasteiger charge is -2.54. The molecule has 3 aliphatic heterocycles. The van der Waals surface area contributed by atoms with Crippen molar-refractivity contribution in [2.45, 2.75) is 82.2 Å². The topological polar surface area (TPSA) is 90.0 Å². The molecule has 1 aromatic heterocycles. The lowest BCUT2D eigenvalue weighted by Crippen LogP contribution is -2.63. The Morgan fingerprint density at radius 3 is 2.40 bits per heavy atom. The molecule has 234 valence electrons. The third-order valence-corrected chi connectivity index (χ3v) is 12.9. The molecule has 2 aromatic rings. The molecular formula is C32H45FN6O3S. The van der Waals surface area contributed by atoms with Crippen molar-refractivity contribution in [2.75, 3.05) is 45.8 Å². The average molecular weight is 613 g/mol. The average Bonchev–Trinajstić information content (AvgIpc) is 3.86. The number of piperidine rings is 2. The van der Waals surface area contributed by atoms with Crippen LogP contribution >= 0.6 is 0 Å². The Labute approximate surface area is 255 Å². The van der Waals surface area contributed by atoms with E-state index in [1.807, 2.05) is 17.9 Å². The number of piperazine rings is 1. The second kappa shape index (κ2) is 12.1. The summed E-state index contributed by atoms with van der Waals surface area (Å²) in [5, 5.41) is -0.181. The fraction of sp³-hybridized carbons (Fsp3) is 0.656. The minimum absolute atomic E-state index is 0.00375. The standard InChI is InChI=1S/C32H45FN6O3S/c1-23-21-37(32(3)11-15-36(16-12-32)31(40)29-20-34-22-35-24(29)2)17-18-39(23)30(26-5-4-6-27(33)19-26)25-9-13-38(14-10-25)43(41,42)28-7-8-28/h4-6,19-20,22-23,25,28,30H,7-18,21H2,1-3H3/t23-,30+/m0/s1. The van der Waals surface area contributed by atoms with E-state index in [0.717, 1.165) is 63.7 Å². The van der Waals surface area contributed by atoms with Crippen molar-refractivity contribution in [3.8, 4) is 0 Å². The van der Waals surface area contributed by atoms with Crippen LogP contribution in [-0.2, 0) is 10.0 Å². The molecular weight excluding hydrogens is 567 g/mol. The number of amides is 1. The zero-order chi connectivity index (χ0) is 30.4. The summed E-state index contributed by atoms with van der Waals surface area (Å²) in [5.74, 6) is 0.0394. The van der Waals surface area contributed by atoms with E-state index in [-0.39, 0.29) is 40.5 Å². The molecule has 0 radical (unpaired) electrons. The summed E-state index contributed by atoms with van der Waals surface area (Å²) in [4.78, 5) is 28.5. The number of halogens is 1. The Morgan fingerprint density at radius 1 is 1.05 bits per heavy atom. The van der Waals surface area contributed by atoms with E-state index >= 15 is 0 Å². The Balaban J connectivity index is 1.12. The van der Waals surface area contributed by atoms with Gasteiger partial charge >= 0.3 is 0 Å². The highest BCUT2D eigenvalue weighted by Gasteiger charge is 2.45. The van der Waals surface area contributed by atoms with Crippen molar-refractivity contribution in [2.24, 2.45) is 5.92 Å². The van der Waals surface area contributed by atoms with Crippen molar-refractivity contribution < 1.29 is 17.6 Å². The van der Waals surface area contributed by atoms with Crippen LogP contribution in [0.1, 0.15) is 80.0 Å². The van der Waals surface area contributed by atoms with E-state index in [4.69, 9.17) is 0 Å². The maximum Gasteiger partial charge on any atom is 0.257 e. The molecule has 0 unspecified atom stereocenters. The van der Waals surface area contributed by atoms with Crippen LogP contribution in [-0.4, -0.2) is 106 Å². The van der Waals surface area contributed by atoms with Gasteiger partial charge in [0.25, 0.3) is 5.91 Å². The second-order valence-electron chi connectivity index (χ2n) is 13.3. The zero-order valence-corrected chi connectivity index (χ0v) is 26.5. The van der Waals surface area contributed by atoms with Crippen molar-refractivity contribution in [1.82, 2.24) is 29.0 Å². The normalized spacial score (nSPS) is 25.5. The van der Waals surface area contributed by atoms with Crippen molar-refractivity contribution >= 4 is 15.9 Å². The number of hydrogen-bond donors (Lipinski definition) is 0. The van der Waals surface area contributed by atoms with Crippen molar-refractivity contribution in [3.05, 3.63) is 59.4 Å². The number of carbonyl (C=O) groups excluding carboxylic acids is 1. The predicted molar refractivity (Wildman–Crippen MR) is 163 cm³/mol. The Morgan fingerprint density at radius 2 is 1.77 bits per heavy atom. The number of carbonyl (C=O) groups is 1. The molecule has 0 N–H and O–H groups in total. The fourth-order valence-corrected chi connectivity index (χ4v) is 9.47. The van der Waals surface area contributed by atoms with Crippen LogP contribution in [0.3, 0.4) is 0 Å². The molecule has 3 saturated heterocycles. The molecule has 4 aliphatic rings. The lowest BCUT2D eigenvalue weighted by molar-refractivity contribution is -0.0422. The van der Waals surface area contributed by atoms with Crippen LogP contribution in [0.2, 0.25) is 0 Å². The molecule has 2 atom stereocenters. The Bertz CT molecular complexity index is 1420. The summed E-state index contributed by atoms with van der Waals surface area (Å²) in [6.07, 6.45) is 8.03. The number of hydrogen-bond acceptors (Lipinski definition) is 7. The van der Waals surface area contributed by atoms with Gasteiger partial charge in [0.2, 0.25) is 10.0 Å². The molecule has 6 rings (SSSR count). The van der Waals surface area contributed by atoms with Gasteiger partial charge in [-0.15, -0.1) is 0 Å². The quantitative estimate of drug-likeness (QED) is 0.469. The number of sulfonamides is 1. The highest BCUT2D eigenvalue weighted by Crippen LogP contribution is 2.41. The summed E-state index contributed by atoms with van der Waals surface area (Å²) < 4.78 is 42.0. The van der Waals surface area contributed by atoms with Gasteiger partial charge in [0.15, 0.2) is 0 Å². The monoisotopic (exact) mass is 612 g/mol. The summed E-state index contributed by atoms with van der Waals surface area (Å²) in [7, 11) is -3.18. The first-order valence-electron chi connectivity index (χ1n) is 15.9. The molecule has 9 nitrogen and oxygen atoms in total. The van der Waals surface area contributed by atoms with Gasteiger partial charge in [0.1, 0.15) is 12.1 Å². The number of benzene rings is 1. The molecule has 1 aliphatic carbocycles. The summed E-state index contributed by atoms with van der Waals surface area (Å²) >= 11 is 0. The molecule has 4 fully saturated rings. The van der Waals surface area contributed by atoms with Crippen molar-refractivity contribution in [1.29, 1.82) is 0 Å². The van der Waals surface area contributed by atoms with E-state index in [2.05, 4.69) is 33.6 Å². The largest absolute Gasteiger partial charge is 0.338 e. The highest BCUT2D eigenvalue weighted by atomic mass is 32.2. The number of nitrogens with zero attached hydrogens (tertiary/aromatic N) is 6. The van der Waals surface area contributed by atoms with Crippen LogP contribution in [0.15, 0.2) is 36.8 Å². The van der Waals surface area contributed by atoms with E-state index < -0.39 is 10.0 Å². The van der Waals surface area contributed by atoms with Gasteiger partial charge in [0, 0.05) is 69.6 Å². The van der Waals surface area contributed by atoms with E-state index in [1.165, 1.54) is 12.4 Å². The predicted octanol–water partition coefficient (Wildman–Crippen LogP) is 3.87. The lowest BCUT2D eigenvalue weighted by atomic mass is 9.82. The summed E-state index contributed by atoms with van der Waals surface area (Å²) in [5.41, 5.74) is 2.27. The molecule has 11 heteroatoms. The number of likely N-dealkylation sites (tertiary alicyclic amines) is 1. The maximum atomic E-state index is 14.5. The molecule has 1 amide bonds. The van der Waals surface area contributed by atoms with Gasteiger partial charge < -0.3 is 4.90 Å². The van der Waals surface area contributed by atoms with Crippen LogP contribution in [0.4, 0.5) is 4.39 Å². The second-order valence-corrected chi connectivity index (χ2v) is 15.5. The smallest absolute Gasteiger partial charge is 0.257 e. The van der Waals surface area contributed by atoms with Crippen LogP contribution in [0.25, 0.3) is 0 Å². The van der Waals surface area contributed by atoms with Gasteiger partial charge in [0.05, 0.1) is 16.5 Å². The number of aromatic nitrogens is 2. The molecule has 1 saturated carbocycles. The molecule has 0 bridgehead atoms. The third kappa shape index (κ3) is 6.23. The van der Waals surface area contributed by atoms with E-state index in [9.17, 15) is 17.6 Å². The first-order chi connectivity index (χ1) is 20.6. The van der Waals surface area contributed by atoms with Crippen LogP contribution in [0, 0.1) is 18.7 Å². The first kappa shape index (κ1) is 30.6. The van der Waals surface area contributed by atoms with Crippen LogP contribution in [0.5, 0.6) is 0 Å². The molecule has 0 spiro atoms. The van der Waals surface area contributed by atoms with Gasteiger partial charge in [-0.05, 0) is 82.9 Å². The third-order valence-electron chi connectivity index (χ3n) is 10.5. The Hall–Kier alpha value is -2.47. The number of aryl methyl sites for hydroxylation is 1. The molecule has 1 aromatic carbocycles.